The Morgan fingerprint density at radius 1 is 1.50 bits per heavy atom. The minimum absolute atomic E-state index is 0.0175. The van der Waals surface area contributed by atoms with Gasteiger partial charge in [-0.2, -0.15) is 0 Å². The summed E-state index contributed by atoms with van der Waals surface area (Å²) >= 11 is 9.72. The summed E-state index contributed by atoms with van der Waals surface area (Å²) in [5.74, 6) is -0.119. The lowest BCUT2D eigenvalue weighted by molar-refractivity contribution is -0.133. The van der Waals surface area contributed by atoms with E-state index >= 15 is 0 Å². The van der Waals surface area contributed by atoms with Gasteiger partial charge < -0.3 is 9.67 Å². The Morgan fingerprint density at radius 2 is 2.25 bits per heavy atom. The lowest BCUT2D eigenvalue weighted by Crippen LogP contribution is -2.04. The Morgan fingerprint density at radius 3 is 2.80 bits per heavy atom. The van der Waals surface area contributed by atoms with Gasteiger partial charge in [0.05, 0.1) is 13.3 Å². The second-order valence-corrected chi connectivity index (χ2v) is 8.57. The number of thioether (sulfide) groups is 1. The lowest BCUT2D eigenvalue weighted by atomic mass is 10.3. The quantitative estimate of drug-likeness (QED) is 0.684. The second-order valence-electron chi connectivity index (χ2n) is 3.88. The van der Waals surface area contributed by atoms with Crippen molar-refractivity contribution < 1.29 is 9.90 Å². The highest BCUT2D eigenvalue weighted by molar-refractivity contribution is 9.12. The molecule has 0 aliphatic heterocycles. The maximum absolute atomic E-state index is 10.7. The predicted octanol–water partition coefficient (Wildman–Crippen LogP) is 4.12. The van der Waals surface area contributed by atoms with Crippen molar-refractivity contribution in [3.63, 3.8) is 0 Å². The van der Waals surface area contributed by atoms with Gasteiger partial charge in [-0.15, -0.1) is 21.5 Å². The van der Waals surface area contributed by atoms with Crippen LogP contribution in [0.1, 0.15) is 13.3 Å². The van der Waals surface area contributed by atoms with Crippen molar-refractivity contribution in [2.75, 3.05) is 5.75 Å². The number of rotatable bonds is 6. The molecule has 0 unspecified atom stereocenters. The van der Waals surface area contributed by atoms with Gasteiger partial charge in [0.15, 0.2) is 11.0 Å². The zero-order chi connectivity index (χ0) is 14.7. The van der Waals surface area contributed by atoms with E-state index in [0.717, 1.165) is 31.9 Å². The van der Waals surface area contributed by atoms with Crippen LogP contribution in [0.3, 0.4) is 0 Å². The molecule has 2 heterocycles. The summed E-state index contributed by atoms with van der Waals surface area (Å²) in [6.07, 6.45) is 0.925. The number of halogens is 2. The molecule has 0 bridgehead atoms. The zero-order valence-electron chi connectivity index (χ0n) is 10.5. The molecule has 0 amide bonds. The van der Waals surface area contributed by atoms with Gasteiger partial charge in [0.2, 0.25) is 0 Å². The van der Waals surface area contributed by atoms with Gasteiger partial charge in [0.1, 0.15) is 0 Å². The summed E-state index contributed by atoms with van der Waals surface area (Å²) < 4.78 is 3.95. The Balaban J connectivity index is 2.38. The van der Waals surface area contributed by atoms with Crippen molar-refractivity contribution in [1.29, 1.82) is 0 Å². The fourth-order valence-corrected chi connectivity index (χ4v) is 5.11. The van der Waals surface area contributed by atoms with Gasteiger partial charge in [-0.1, -0.05) is 18.7 Å². The first-order chi connectivity index (χ1) is 9.52. The van der Waals surface area contributed by atoms with E-state index in [9.17, 15) is 4.79 Å². The van der Waals surface area contributed by atoms with Crippen molar-refractivity contribution in [3.8, 4) is 11.4 Å². The van der Waals surface area contributed by atoms with Crippen molar-refractivity contribution >= 4 is 60.9 Å². The Kier molecular flexibility index (Phi) is 5.65. The highest BCUT2D eigenvalue weighted by atomic mass is 79.9. The van der Waals surface area contributed by atoms with E-state index in [1.165, 1.54) is 11.8 Å². The molecule has 1 N–H and O–H groups in total. The summed E-state index contributed by atoms with van der Waals surface area (Å²) in [4.78, 5) is 10.7. The molecule has 0 fully saturated rings. The van der Waals surface area contributed by atoms with Crippen LogP contribution in [-0.4, -0.2) is 31.6 Å². The maximum Gasteiger partial charge on any atom is 0.313 e. The van der Waals surface area contributed by atoms with Crippen molar-refractivity contribution in [2.24, 2.45) is 0 Å². The van der Waals surface area contributed by atoms with Gasteiger partial charge in [-0.3, -0.25) is 4.79 Å². The van der Waals surface area contributed by atoms with Gasteiger partial charge in [-0.25, -0.2) is 0 Å². The summed E-state index contributed by atoms with van der Waals surface area (Å²) in [7, 11) is 0. The molecular formula is C11H11Br2N3O2S2. The molecule has 0 aliphatic carbocycles. The SMILES string of the molecule is CCCn1c(SCC(=O)O)nnc1-c1cc(Br)sc1Br. The Bertz CT molecular complexity index is 627. The fraction of sp³-hybridized carbons (Fsp3) is 0.364. The summed E-state index contributed by atoms with van der Waals surface area (Å²) in [5, 5.41) is 17.7. The van der Waals surface area contributed by atoms with Crippen molar-refractivity contribution in [3.05, 3.63) is 13.6 Å². The number of carboxylic acid groups (broad SMARTS) is 1. The topological polar surface area (TPSA) is 68.0 Å². The van der Waals surface area contributed by atoms with Crippen LogP contribution in [0, 0.1) is 0 Å². The highest BCUT2D eigenvalue weighted by Gasteiger charge is 2.18. The number of hydrogen-bond acceptors (Lipinski definition) is 5. The lowest BCUT2D eigenvalue weighted by Gasteiger charge is -2.07. The normalized spacial score (nSPS) is 10.9. The molecule has 0 aliphatic rings. The number of hydrogen-bond donors (Lipinski definition) is 1. The number of carbonyl (C=O) groups is 1. The molecule has 0 atom stereocenters. The molecule has 2 aromatic heterocycles. The minimum atomic E-state index is -0.859. The van der Waals surface area contributed by atoms with E-state index < -0.39 is 5.97 Å². The highest BCUT2D eigenvalue weighted by Crippen LogP contribution is 2.38. The van der Waals surface area contributed by atoms with E-state index in [2.05, 4.69) is 49.0 Å². The molecule has 0 aromatic carbocycles. The first-order valence-corrected chi connectivity index (χ1v) is 9.14. The molecule has 20 heavy (non-hydrogen) atoms. The predicted molar refractivity (Wildman–Crippen MR) is 87.4 cm³/mol. The summed E-state index contributed by atoms with van der Waals surface area (Å²) in [5.41, 5.74) is 0.963. The first kappa shape index (κ1) is 16.0. The number of carboxylic acids is 1. The molecule has 0 radical (unpaired) electrons. The van der Waals surface area contributed by atoms with Gasteiger partial charge >= 0.3 is 5.97 Å². The molecule has 0 saturated heterocycles. The molecule has 0 spiro atoms. The van der Waals surface area contributed by atoms with Crippen LogP contribution >= 0.6 is 55.0 Å². The molecule has 108 valence electrons. The van der Waals surface area contributed by atoms with E-state index in [1.54, 1.807) is 11.3 Å². The molecular weight excluding hydrogens is 430 g/mol. The van der Waals surface area contributed by atoms with Crippen LogP contribution in [0.15, 0.2) is 18.8 Å². The maximum atomic E-state index is 10.7. The number of nitrogens with zero attached hydrogens (tertiary/aromatic N) is 3. The number of thiophene rings is 1. The third-order valence-electron chi connectivity index (χ3n) is 2.39. The largest absolute Gasteiger partial charge is 0.481 e. The molecule has 0 saturated carbocycles. The fourth-order valence-electron chi connectivity index (χ4n) is 1.64. The monoisotopic (exact) mass is 439 g/mol. The number of aliphatic carboxylic acids is 1. The van der Waals surface area contributed by atoms with Crippen LogP contribution in [0.5, 0.6) is 0 Å². The molecule has 9 heteroatoms. The first-order valence-electron chi connectivity index (χ1n) is 5.76. The molecule has 5 nitrogen and oxygen atoms in total. The van der Waals surface area contributed by atoms with E-state index in [4.69, 9.17) is 5.11 Å². The third kappa shape index (κ3) is 3.63. The van der Waals surface area contributed by atoms with Gasteiger partial charge in [0, 0.05) is 12.1 Å². The standard InChI is InChI=1S/C11H11Br2N3O2S2/c1-2-3-16-10(6-4-7(12)20-9(6)13)14-15-11(16)19-5-8(17)18/h4H,2-3,5H2,1H3,(H,17,18). The molecule has 2 aromatic rings. The van der Waals surface area contributed by atoms with Crippen LogP contribution in [0.25, 0.3) is 11.4 Å². The molecule has 2 rings (SSSR count). The minimum Gasteiger partial charge on any atom is -0.481 e. The Hall–Kier alpha value is -0.380. The average molecular weight is 441 g/mol. The van der Waals surface area contributed by atoms with Gasteiger partial charge in [-0.05, 0) is 44.3 Å². The number of aromatic nitrogens is 3. The van der Waals surface area contributed by atoms with Crippen molar-refractivity contribution in [2.45, 2.75) is 25.0 Å². The average Bonchev–Trinajstić information content (AvgIpc) is 2.91. The van der Waals surface area contributed by atoms with Crippen LogP contribution in [0.4, 0.5) is 0 Å². The second kappa shape index (κ2) is 7.06. The summed E-state index contributed by atoms with van der Waals surface area (Å²) in [6, 6.07) is 1.98. The van der Waals surface area contributed by atoms with Crippen LogP contribution in [-0.2, 0) is 11.3 Å². The van der Waals surface area contributed by atoms with Crippen molar-refractivity contribution in [1.82, 2.24) is 14.8 Å². The van der Waals surface area contributed by atoms with Crippen LogP contribution in [0.2, 0.25) is 0 Å². The van der Waals surface area contributed by atoms with E-state index in [0.29, 0.717) is 5.16 Å². The zero-order valence-corrected chi connectivity index (χ0v) is 15.3. The van der Waals surface area contributed by atoms with E-state index in [-0.39, 0.29) is 5.75 Å². The Labute approximate surface area is 141 Å². The van der Waals surface area contributed by atoms with E-state index in [1.807, 2.05) is 10.6 Å². The smallest absolute Gasteiger partial charge is 0.313 e. The van der Waals surface area contributed by atoms with Crippen LogP contribution < -0.4 is 0 Å². The summed E-state index contributed by atoms with van der Waals surface area (Å²) in [6.45, 7) is 2.82. The third-order valence-corrected chi connectivity index (χ3v) is 5.68. The van der Waals surface area contributed by atoms with Gasteiger partial charge in [0.25, 0.3) is 0 Å².